The van der Waals surface area contributed by atoms with Gasteiger partial charge in [-0.3, -0.25) is 4.79 Å². The van der Waals surface area contributed by atoms with Crippen molar-refractivity contribution < 1.29 is 13.2 Å². The Kier molecular flexibility index (Phi) is 5.93. The Labute approximate surface area is 160 Å². The van der Waals surface area contributed by atoms with Crippen LogP contribution in [0.5, 0.6) is 0 Å². The normalized spacial score (nSPS) is 15.3. The van der Waals surface area contributed by atoms with Gasteiger partial charge in [-0.1, -0.05) is 24.3 Å². The molecule has 0 unspecified atom stereocenters. The maximum atomic E-state index is 12.9. The van der Waals surface area contributed by atoms with Gasteiger partial charge >= 0.3 is 0 Å². The summed E-state index contributed by atoms with van der Waals surface area (Å²) in [7, 11) is -3.57. The number of hydrogen-bond donors (Lipinski definition) is 1. The van der Waals surface area contributed by atoms with E-state index in [1.165, 1.54) is 28.6 Å². The largest absolute Gasteiger partial charge is 0.369 e. The first kappa shape index (κ1) is 19.1. The van der Waals surface area contributed by atoms with E-state index >= 15 is 0 Å². The zero-order valence-corrected chi connectivity index (χ0v) is 15.9. The van der Waals surface area contributed by atoms with E-state index in [1.807, 2.05) is 30.3 Å². The summed E-state index contributed by atoms with van der Waals surface area (Å²) in [5, 5.41) is 2.67. The second-order valence-corrected chi connectivity index (χ2v) is 8.19. The van der Waals surface area contributed by atoms with Crippen molar-refractivity contribution >= 4 is 21.6 Å². The molecule has 3 rings (SSSR count). The topological polar surface area (TPSA) is 69.7 Å². The molecule has 1 amide bonds. The summed E-state index contributed by atoms with van der Waals surface area (Å²) in [4.78, 5) is 14.3. The predicted molar refractivity (Wildman–Crippen MR) is 106 cm³/mol. The quantitative estimate of drug-likeness (QED) is 0.774. The number of amides is 1. The Morgan fingerprint density at radius 2 is 1.63 bits per heavy atom. The van der Waals surface area contributed by atoms with Crippen molar-refractivity contribution in [2.75, 3.05) is 37.6 Å². The van der Waals surface area contributed by atoms with E-state index in [2.05, 4.69) is 16.8 Å². The van der Waals surface area contributed by atoms with Gasteiger partial charge in [-0.05, 0) is 36.4 Å². The monoisotopic (exact) mass is 385 g/mol. The van der Waals surface area contributed by atoms with Crippen molar-refractivity contribution in [2.45, 2.75) is 4.90 Å². The lowest BCUT2D eigenvalue weighted by Gasteiger charge is -2.35. The standard InChI is InChI=1S/C20H23N3O3S/c1-2-12-21-20(24)17-8-10-19(11-9-17)27(25,26)23-15-13-22(14-16-23)18-6-4-3-5-7-18/h2-11H,1,12-16H2,(H,21,24). The third kappa shape index (κ3) is 4.37. The molecule has 7 heteroatoms. The minimum Gasteiger partial charge on any atom is -0.369 e. The van der Waals surface area contributed by atoms with Crippen LogP contribution < -0.4 is 10.2 Å². The van der Waals surface area contributed by atoms with E-state index in [9.17, 15) is 13.2 Å². The van der Waals surface area contributed by atoms with Crippen molar-refractivity contribution in [1.82, 2.24) is 9.62 Å². The van der Waals surface area contributed by atoms with E-state index in [0.717, 1.165) is 5.69 Å². The minimum atomic E-state index is -3.57. The van der Waals surface area contributed by atoms with Crippen molar-refractivity contribution in [2.24, 2.45) is 0 Å². The van der Waals surface area contributed by atoms with Crippen LogP contribution in [0.25, 0.3) is 0 Å². The molecule has 142 valence electrons. The average molecular weight is 385 g/mol. The zero-order chi connectivity index (χ0) is 19.3. The van der Waals surface area contributed by atoms with E-state index in [4.69, 9.17) is 0 Å². The molecule has 1 N–H and O–H groups in total. The first-order valence-electron chi connectivity index (χ1n) is 8.81. The number of benzene rings is 2. The Morgan fingerprint density at radius 1 is 1.00 bits per heavy atom. The lowest BCUT2D eigenvalue weighted by molar-refractivity contribution is 0.0958. The Morgan fingerprint density at radius 3 is 2.22 bits per heavy atom. The first-order chi connectivity index (χ1) is 13.0. The molecule has 1 aliphatic heterocycles. The SMILES string of the molecule is C=CCNC(=O)c1ccc(S(=O)(=O)N2CCN(c3ccccc3)CC2)cc1. The van der Waals surface area contributed by atoms with Gasteiger partial charge in [0, 0.05) is 44.0 Å². The molecular formula is C20H23N3O3S. The molecule has 1 fully saturated rings. The predicted octanol–water partition coefficient (Wildman–Crippen LogP) is 2.11. The lowest BCUT2D eigenvalue weighted by Crippen LogP contribution is -2.48. The van der Waals surface area contributed by atoms with E-state index in [0.29, 0.717) is 38.3 Å². The highest BCUT2D eigenvalue weighted by molar-refractivity contribution is 7.89. The maximum Gasteiger partial charge on any atom is 0.251 e. The summed E-state index contributed by atoms with van der Waals surface area (Å²) >= 11 is 0. The van der Waals surface area contributed by atoms with Gasteiger partial charge in [0.05, 0.1) is 4.90 Å². The second kappa shape index (κ2) is 8.37. The van der Waals surface area contributed by atoms with Gasteiger partial charge in [0.2, 0.25) is 10.0 Å². The number of nitrogens with one attached hydrogen (secondary N) is 1. The molecule has 1 aliphatic rings. The summed E-state index contributed by atoms with van der Waals surface area (Å²) in [6, 6.07) is 16.0. The fraction of sp³-hybridized carbons (Fsp3) is 0.250. The van der Waals surface area contributed by atoms with Gasteiger partial charge in [-0.15, -0.1) is 6.58 Å². The van der Waals surface area contributed by atoms with Crippen molar-refractivity contribution in [3.63, 3.8) is 0 Å². The summed E-state index contributed by atoms with van der Waals surface area (Å²) in [5.74, 6) is -0.254. The third-order valence-electron chi connectivity index (χ3n) is 4.52. The number of rotatable bonds is 6. The minimum absolute atomic E-state index is 0.205. The van der Waals surface area contributed by atoms with Crippen LogP contribution in [-0.2, 0) is 10.0 Å². The third-order valence-corrected chi connectivity index (χ3v) is 6.43. The van der Waals surface area contributed by atoms with Crippen molar-refractivity contribution in [1.29, 1.82) is 0 Å². The summed E-state index contributed by atoms with van der Waals surface area (Å²) in [5.41, 5.74) is 1.52. The number of hydrogen-bond acceptors (Lipinski definition) is 4. The molecule has 2 aromatic rings. The van der Waals surface area contributed by atoms with E-state index in [-0.39, 0.29) is 10.8 Å². The van der Waals surface area contributed by atoms with Crippen molar-refractivity contribution in [3.05, 3.63) is 72.8 Å². The smallest absolute Gasteiger partial charge is 0.251 e. The zero-order valence-electron chi connectivity index (χ0n) is 15.0. The molecule has 0 atom stereocenters. The molecule has 6 nitrogen and oxygen atoms in total. The molecule has 1 saturated heterocycles. The maximum absolute atomic E-state index is 12.9. The van der Waals surface area contributed by atoms with Gasteiger partial charge in [0.25, 0.3) is 5.91 Å². The summed E-state index contributed by atoms with van der Waals surface area (Å²) in [6.07, 6.45) is 1.59. The van der Waals surface area contributed by atoms with Crippen molar-refractivity contribution in [3.8, 4) is 0 Å². The summed E-state index contributed by atoms with van der Waals surface area (Å²) < 4.78 is 27.3. The molecule has 2 aromatic carbocycles. The number of carbonyl (C=O) groups excluding carboxylic acids is 1. The van der Waals surface area contributed by atoms with E-state index in [1.54, 1.807) is 6.08 Å². The van der Waals surface area contributed by atoms with Crippen LogP contribution in [0.15, 0.2) is 72.1 Å². The van der Waals surface area contributed by atoms with Gasteiger partial charge < -0.3 is 10.2 Å². The van der Waals surface area contributed by atoms with Crippen LogP contribution in [0.1, 0.15) is 10.4 Å². The van der Waals surface area contributed by atoms with Gasteiger partial charge in [0.1, 0.15) is 0 Å². The molecule has 0 aliphatic carbocycles. The van der Waals surface area contributed by atoms with Crippen LogP contribution in [0, 0.1) is 0 Å². The van der Waals surface area contributed by atoms with Crippen LogP contribution in [0.3, 0.4) is 0 Å². The number of piperazine rings is 1. The highest BCUT2D eigenvalue weighted by atomic mass is 32.2. The number of sulfonamides is 1. The van der Waals surface area contributed by atoms with Crippen LogP contribution >= 0.6 is 0 Å². The molecule has 0 spiro atoms. The Hall–Kier alpha value is -2.64. The second-order valence-electron chi connectivity index (χ2n) is 6.25. The molecule has 0 bridgehead atoms. The highest BCUT2D eigenvalue weighted by Gasteiger charge is 2.28. The molecular weight excluding hydrogens is 362 g/mol. The fourth-order valence-corrected chi connectivity index (χ4v) is 4.44. The Bertz CT molecular complexity index is 888. The van der Waals surface area contributed by atoms with Gasteiger partial charge in [0.15, 0.2) is 0 Å². The van der Waals surface area contributed by atoms with Gasteiger partial charge in [-0.2, -0.15) is 4.31 Å². The highest BCUT2D eigenvalue weighted by Crippen LogP contribution is 2.21. The lowest BCUT2D eigenvalue weighted by atomic mass is 10.2. The Balaban J connectivity index is 1.66. The number of anilines is 1. The van der Waals surface area contributed by atoms with Crippen LogP contribution in [-0.4, -0.2) is 51.4 Å². The summed E-state index contributed by atoms with van der Waals surface area (Å²) in [6.45, 7) is 6.06. The molecule has 0 radical (unpaired) electrons. The number of para-hydroxylation sites is 1. The fourth-order valence-electron chi connectivity index (χ4n) is 3.02. The van der Waals surface area contributed by atoms with Crippen LogP contribution in [0.4, 0.5) is 5.69 Å². The number of nitrogens with zero attached hydrogens (tertiary/aromatic N) is 2. The van der Waals surface area contributed by atoms with Gasteiger partial charge in [-0.25, -0.2) is 8.42 Å². The molecule has 1 heterocycles. The molecule has 0 aromatic heterocycles. The van der Waals surface area contributed by atoms with E-state index < -0.39 is 10.0 Å². The average Bonchev–Trinajstić information content (AvgIpc) is 2.73. The number of carbonyl (C=O) groups is 1. The van der Waals surface area contributed by atoms with Crippen LogP contribution in [0.2, 0.25) is 0 Å². The molecule has 27 heavy (non-hydrogen) atoms. The first-order valence-corrected chi connectivity index (χ1v) is 10.3. The molecule has 0 saturated carbocycles.